The number of hydrogen-bond acceptors (Lipinski definition) is 1. The highest BCUT2D eigenvalue weighted by Crippen LogP contribution is 2.53. The van der Waals surface area contributed by atoms with Gasteiger partial charge in [-0.1, -0.05) is 84.9 Å². The number of benzene rings is 9. The van der Waals surface area contributed by atoms with E-state index in [4.69, 9.17) is 0 Å². The molecule has 3 nitrogen and oxygen atoms in total. The Morgan fingerprint density at radius 3 is 1.10 bits per heavy atom. The summed E-state index contributed by atoms with van der Waals surface area (Å²) in [5.74, 6) is 0. The number of rotatable bonds is 6. The first-order chi connectivity index (χ1) is 38.5. The molecule has 2 aromatic heterocycles. The Balaban J connectivity index is 1.26. The number of alkyl halides is 18. The lowest BCUT2D eigenvalue weighted by molar-refractivity contribution is -0.144. The monoisotopic (exact) mass is 1150 g/mol. The van der Waals surface area contributed by atoms with Crippen LogP contribution in [0.25, 0.3) is 99.5 Å². The topological polar surface area (TPSA) is 33.6 Å². The van der Waals surface area contributed by atoms with Crippen LogP contribution in [0, 0.1) is 11.3 Å². The van der Waals surface area contributed by atoms with E-state index in [0.717, 1.165) is 18.2 Å². The smallest absolute Gasteiger partial charge is 0.309 e. The Labute approximate surface area is 449 Å². The van der Waals surface area contributed by atoms with E-state index in [1.165, 1.54) is 106 Å². The van der Waals surface area contributed by atoms with E-state index in [0.29, 0.717) is 42.5 Å². The lowest BCUT2D eigenvalue weighted by Crippen LogP contribution is -2.15. The van der Waals surface area contributed by atoms with E-state index in [9.17, 15) is 57.9 Å². The molecule has 0 aliphatic heterocycles. The molecule has 0 fully saturated rings. The van der Waals surface area contributed by atoms with E-state index in [-0.39, 0.29) is 89.4 Å². The average molecular weight is 1150 g/mol. The molecule has 0 amide bonds. The van der Waals surface area contributed by atoms with Crippen molar-refractivity contribution in [3.63, 3.8) is 0 Å². The standard InChI is InChI=1S/C61H29F18N3/c62-56(63,64)34-20-22-36(45(28-34)60(74,75)76)31-18-24-49-41(26-31)38-9-1-3-14-47(38)81(49)51-16-5-8-33(30-80)53(51)55-40(54-43(58(68,69)70)12-7-13-44(54)59(71,72)73)11-6-17-52(55)82-48-15-4-2-10-39(48)42-27-32(19-25-50(42)82)37-23-21-35(57(65,66)67)29-46(37)61(77,78)79/h1-29H. The van der Waals surface area contributed by atoms with Crippen LogP contribution in [0.2, 0.25) is 0 Å². The van der Waals surface area contributed by atoms with E-state index in [1.807, 2.05) is 6.07 Å². The van der Waals surface area contributed by atoms with Gasteiger partial charge in [0.25, 0.3) is 0 Å². The molecule has 414 valence electrons. The van der Waals surface area contributed by atoms with Crippen molar-refractivity contribution >= 4 is 43.6 Å². The van der Waals surface area contributed by atoms with E-state index in [2.05, 4.69) is 0 Å². The van der Waals surface area contributed by atoms with Crippen molar-refractivity contribution in [2.45, 2.75) is 37.1 Å². The second kappa shape index (κ2) is 19.0. The quantitative estimate of drug-likeness (QED) is 0.153. The molecule has 0 radical (unpaired) electrons. The van der Waals surface area contributed by atoms with Gasteiger partial charge in [0.05, 0.1) is 78.5 Å². The molecule has 11 aromatic rings. The molecular weight excluding hydrogens is 1120 g/mol. The van der Waals surface area contributed by atoms with Gasteiger partial charge in [-0.3, -0.25) is 0 Å². The lowest BCUT2D eigenvalue weighted by atomic mass is 9.85. The van der Waals surface area contributed by atoms with Gasteiger partial charge in [0, 0.05) is 38.2 Å². The van der Waals surface area contributed by atoms with Gasteiger partial charge >= 0.3 is 37.1 Å². The Kier molecular flexibility index (Phi) is 12.7. The number of halogens is 18. The maximum atomic E-state index is 15.4. The van der Waals surface area contributed by atoms with E-state index < -0.39 is 98.3 Å². The summed E-state index contributed by atoms with van der Waals surface area (Å²) in [6.45, 7) is 0. The van der Waals surface area contributed by atoms with E-state index in [1.54, 1.807) is 6.07 Å². The minimum atomic E-state index is -5.48. The van der Waals surface area contributed by atoms with Gasteiger partial charge in [-0.15, -0.1) is 0 Å². The SMILES string of the molecule is N#Cc1cccc(-n2c3ccccc3c3cc(-c4ccc(C(F)(F)F)cc4C(F)(F)F)ccc32)c1-c1c(-c2c(C(F)(F)F)cccc2C(F)(F)F)cccc1-n1c2ccccc2c2cc(-c3ccc(C(F)(F)F)cc3C(F)(F)F)ccc21. The third kappa shape index (κ3) is 9.28. The van der Waals surface area contributed by atoms with Gasteiger partial charge in [-0.05, 0) is 119 Å². The molecule has 0 saturated carbocycles. The predicted octanol–water partition coefficient (Wildman–Crippen LogP) is 20.5. The van der Waals surface area contributed by atoms with Crippen molar-refractivity contribution in [1.82, 2.24) is 9.13 Å². The summed E-state index contributed by atoms with van der Waals surface area (Å²) in [5.41, 5.74) is -14.7. The Morgan fingerprint density at radius 2 is 0.683 bits per heavy atom. The number of para-hydroxylation sites is 2. The summed E-state index contributed by atoms with van der Waals surface area (Å²) in [5, 5.41) is 11.9. The van der Waals surface area contributed by atoms with Crippen LogP contribution in [0.5, 0.6) is 0 Å². The fraction of sp³-hybridized carbons (Fsp3) is 0.0984. The third-order valence-electron chi connectivity index (χ3n) is 14.2. The molecule has 0 spiro atoms. The van der Waals surface area contributed by atoms with E-state index >= 15 is 26.3 Å². The summed E-state index contributed by atoms with van der Waals surface area (Å²) < 4.78 is 266. The van der Waals surface area contributed by atoms with Crippen LogP contribution in [0.3, 0.4) is 0 Å². The van der Waals surface area contributed by atoms with Gasteiger partial charge in [0.15, 0.2) is 0 Å². The first-order valence-corrected chi connectivity index (χ1v) is 24.1. The molecule has 0 bridgehead atoms. The summed E-state index contributed by atoms with van der Waals surface area (Å²) in [7, 11) is 0. The highest BCUT2D eigenvalue weighted by atomic mass is 19.4. The molecule has 82 heavy (non-hydrogen) atoms. The largest absolute Gasteiger partial charge is 0.417 e. The molecule has 0 saturated heterocycles. The zero-order valence-electron chi connectivity index (χ0n) is 40.9. The van der Waals surface area contributed by atoms with Crippen molar-refractivity contribution in [3.8, 4) is 62.0 Å². The number of nitrogens with zero attached hydrogens (tertiary/aromatic N) is 3. The maximum Gasteiger partial charge on any atom is 0.417 e. The Hall–Kier alpha value is -9.19. The van der Waals surface area contributed by atoms with Crippen LogP contribution < -0.4 is 0 Å². The molecule has 21 heteroatoms. The summed E-state index contributed by atoms with van der Waals surface area (Å²) >= 11 is 0. The molecule has 0 aliphatic rings. The second-order valence-electron chi connectivity index (χ2n) is 18.9. The van der Waals surface area contributed by atoms with Crippen molar-refractivity contribution in [2.75, 3.05) is 0 Å². The third-order valence-corrected chi connectivity index (χ3v) is 14.2. The zero-order valence-corrected chi connectivity index (χ0v) is 40.9. The van der Waals surface area contributed by atoms with Gasteiger partial charge in [-0.2, -0.15) is 84.3 Å². The first kappa shape index (κ1) is 54.8. The van der Waals surface area contributed by atoms with Gasteiger partial charge < -0.3 is 9.13 Å². The first-order valence-electron chi connectivity index (χ1n) is 24.1. The molecule has 0 atom stereocenters. The predicted molar refractivity (Wildman–Crippen MR) is 272 cm³/mol. The minimum absolute atomic E-state index is 0.0301. The fourth-order valence-electron chi connectivity index (χ4n) is 10.8. The number of hydrogen-bond donors (Lipinski definition) is 0. The summed E-state index contributed by atoms with van der Waals surface area (Å²) in [6.07, 6.45) is -31.9. The molecule has 11 rings (SSSR count). The molecule has 0 unspecified atom stereocenters. The zero-order chi connectivity index (χ0) is 58.8. The lowest BCUT2D eigenvalue weighted by Gasteiger charge is -2.25. The molecule has 2 heterocycles. The molecular formula is C61H29F18N3. The summed E-state index contributed by atoms with van der Waals surface area (Å²) in [4.78, 5) is 0. The van der Waals surface area contributed by atoms with Crippen molar-refractivity contribution in [1.29, 1.82) is 5.26 Å². The molecule has 9 aromatic carbocycles. The summed E-state index contributed by atoms with van der Waals surface area (Å²) in [6, 6.07) is 32.6. The number of aromatic nitrogens is 2. The number of nitriles is 1. The fourth-order valence-corrected chi connectivity index (χ4v) is 10.8. The molecule has 0 N–H and O–H groups in total. The van der Waals surface area contributed by atoms with Crippen LogP contribution in [-0.4, -0.2) is 9.13 Å². The van der Waals surface area contributed by atoms with Gasteiger partial charge in [0.1, 0.15) is 0 Å². The molecule has 0 aliphatic carbocycles. The second-order valence-corrected chi connectivity index (χ2v) is 18.9. The van der Waals surface area contributed by atoms with Crippen molar-refractivity contribution in [3.05, 3.63) is 215 Å². The van der Waals surface area contributed by atoms with Crippen LogP contribution in [0.4, 0.5) is 79.0 Å². The van der Waals surface area contributed by atoms with Crippen molar-refractivity contribution < 1.29 is 79.0 Å². The highest BCUT2D eigenvalue weighted by molar-refractivity contribution is 6.14. The van der Waals surface area contributed by atoms with Crippen LogP contribution in [0.15, 0.2) is 176 Å². The van der Waals surface area contributed by atoms with Gasteiger partial charge in [0.2, 0.25) is 0 Å². The van der Waals surface area contributed by atoms with Crippen molar-refractivity contribution in [2.24, 2.45) is 0 Å². The number of fused-ring (bicyclic) bond motifs is 6. The van der Waals surface area contributed by atoms with Crippen LogP contribution in [0.1, 0.15) is 38.9 Å². The maximum absolute atomic E-state index is 15.4. The van der Waals surface area contributed by atoms with Crippen LogP contribution >= 0.6 is 0 Å². The average Bonchev–Trinajstić information content (AvgIpc) is 4.12. The Morgan fingerprint density at radius 1 is 0.293 bits per heavy atom. The van der Waals surface area contributed by atoms with Crippen LogP contribution in [-0.2, 0) is 37.1 Å². The minimum Gasteiger partial charge on any atom is -0.309 e. The Bertz CT molecular complexity index is 4410. The highest BCUT2D eigenvalue weighted by Gasteiger charge is 2.44. The van der Waals surface area contributed by atoms with Gasteiger partial charge in [-0.25, -0.2) is 0 Å². The normalized spacial score (nSPS) is 13.0.